The molecule has 0 saturated carbocycles. The van der Waals surface area contributed by atoms with Crippen LogP contribution in [0.15, 0.2) is 87.8 Å². The van der Waals surface area contributed by atoms with Crippen molar-refractivity contribution in [1.82, 2.24) is 0 Å². The van der Waals surface area contributed by atoms with E-state index in [1.54, 1.807) is 60.7 Å². The van der Waals surface area contributed by atoms with Gasteiger partial charge in [-0.1, -0.05) is 62.2 Å². The Morgan fingerprint density at radius 1 is 0.645 bits per heavy atom. The van der Waals surface area contributed by atoms with Crippen LogP contribution in [0.5, 0.6) is 11.5 Å². The van der Waals surface area contributed by atoms with Crippen molar-refractivity contribution in [3.05, 3.63) is 93.4 Å². The number of carbonyl (C=O) groups is 2. The van der Waals surface area contributed by atoms with Gasteiger partial charge >= 0.3 is 11.9 Å². The standard InChI is InChI=1S/C23H16Br2O6/c24-15-6-10-17(11-7-15)28-21(26)19-20(22(27)29-18-12-8-16(25)9-13-18)31-23(30-19)14-4-2-1-3-5-14/h1-13,19-20,23H/t19-,20-/m1/s1. The molecule has 1 aliphatic rings. The highest BCUT2D eigenvalue weighted by molar-refractivity contribution is 9.10. The summed E-state index contributed by atoms with van der Waals surface area (Å²) in [7, 11) is 0. The summed E-state index contributed by atoms with van der Waals surface area (Å²) in [5.74, 6) is -0.864. The van der Waals surface area contributed by atoms with Crippen LogP contribution in [0.25, 0.3) is 0 Å². The number of carbonyl (C=O) groups excluding carboxylic acids is 2. The molecule has 0 unspecified atom stereocenters. The number of esters is 2. The largest absolute Gasteiger partial charge is 0.425 e. The van der Waals surface area contributed by atoms with Crippen LogP contribution in [-0.4, -0.2) is 24.1 Å². The molecular formula is C23H16Br2O6. The van der Waals surface area contributed by atoms with Crippen molar-refractivity contribution in [3.63, 3.8) is 0 Å². The minimum atomic E-state index is -1.29. The molecule has 8 heteroatoms. The molecule has 3 aromatic rings. The zero-order valence-electron chi connectivity index (χ0n) is 15.9. The fourth-order valence-electron chi connectivity index (χ4n) is 2.92. The van der Waals surface area contributed by atoms with Crippen molar-refractivity contribution in [1.29, 1.82) is 0 Å². The highest BCUT2D eigenvalue weighted by Crippen LogP contribution is 2.33. The van der Waals surface area contributed by atoms with Gasteiger partial charge in [-0.25, -0.2) is 9.59 Å². The number of benzene rings is 3. The molecule has 31 heavy (non-hydrogen) atoms. The minimum Gasteiger partial charge on any atom is -0.425 e. The molecule has 2 atom stereocenters. The number of halogens is 2. The van der Waals surface area contributed by atoms with Gasteiger partial charge in [-0.05, 0) is 48.5 Å². The van der Waals surface area contributed by atoms with Crippen molar-refractivity contribution in [3.8, 4) is 11.5 Å². The lowest BCUT2D eigenvalue weighted by molar-refractivity contribution is -0.153. The molecule has 1 saturated heterocycles. The quantitative estimate of drug-likeness (QED) is 0.323. The van der Waals surface area contributed by atoms with Crippen molar-refractivity contribution in [2.24, 2.45) is 0 Å². The van der Waals surface area contributed by atoms with Gasteiger partial charge in [-0.2, -0.15) is 0 Å². The summed E-state index contributed by atoms with van der Waals surface area (Å²) in [6.07, 6.45) is -3.50. The Balaban J connectivity index is 1.54. The average Bonchev–Trinajstić information content (AvgIpc) is 3.23. The van der Waals surface area contributed by atoms with E-state index < -0.39 is 30.4 Å². The lowest BCUT2D eigenvalue weighted by atomic mass is 10.2. The Morgan fingerprint density at radius 3 is 1.48 bits per heavy atom. The summed E-state index contributed by atoms with van der Waals surface area (Å²) in [5, 5.41) is 0. The lowest BCUT2D eigenvalue weighted by Gasteiger charge is -2.15. The van der Waals surface area contributed by atoms with Crippen LogP contribution in [0.1, 0.15) is 11.9 Å². The van der Waals surface area contributed by atoms with Gasteiger partial charge in [0.1, 0.15) is 11.5 Å². The summed E-state index contributed by atoms with van der Waals surface area (Å²) < 4.78 is 24.1. The predicted octanol–water partition coefficient (Wildman–Crippen LogP) is 5.21. The van der Waals surface area contributed by atoms with E-state index in [2.05, 4.69) is 31.9 Å². The van der Waals surface area contributed by atoms with Crippen molar-refractivity contribution < 1.29 is 28.5 Å². The zero-order valence-corrected chi connectivity index (χ0v) is 19.1. The second-order valence-electron chi connectivity index (χ2n) is 6.61. The normalized spacial score (nSPS) is 18.5. The second kappa shape index (κ2) is 9.74. The maximum absolute atomic E-state index is 12.8. The van der Waals surface area contributed by atoms with Gasteiger partial charge in [0.05, 0.1) is 0 Å². The summed E-state index contributed by atoms with van der Waals surface area (Å²) in [5.41, 5.74) is 0.669. The molecule has 1 heterocycles. The molecule has 3 aromatic carbocycles. The second-order valence-corrected chi connectivity index (χ2v) is 8.44. The highest BCUT2D eigenvalue weighted by Gasteiger charge is 2.48. The molecule has 158 valence electrons. The first-order valence-electron chi connectivity index (χ1n) is 9.30. The Labute approximate surface area is 195 Å². The van der Waals surface area contributed by atoms with Crippen LogP contribution in [0.2, 0.25) is 0 Å². The van der Waals surface area contributed by atoms with E-state index in [0.29, 0.717) is 17.1 Å². The third-order valence-corrected chi connectivity index (χ3v) is 5.47. The first-order valence-corrected chi connectivity index (χ1v) is 10.9. The smallest absolute Gasteiger partial charge is 0.344 e. The minimum absolute atomic E-state index is 0.319. The molecule has 0 spiro atoms. The van der Waals surface area contributed by atoms with Crippen LogP contribution >= 0.6 is 31.9 Å². The van der Waals surface area contributed by atoms with Crippen LogP contribution < -0.4 is 9.47 Å². The van der Waals surface area contributed by atoms with E-state index in [1.165, 1.54) is 0 Å². The summed E-state index contributed by atoms with van der Waals surface area (Å²) >= 11 is 6.65. The van der Waals surface area contributed by atoms with Crippen molar-refractivity contribution in [2.45, 2.75) is 18.5 Å². The maximum atomic E-state index is 12.8. The summed E-state index contributed by atoms with van der Waals surface area (Å²) in [6, 6.07) is 22.5. The maximum Gasteiger partial charge on any atom is 0.344 e. The number of hydrogen-bond acceptors (Lipinski definition) is 6. The van der Waals surface area contributed by atoms with E-state index in [1.807, 2.05) is 18.2 Å². The molecule has 0 radical (unpaired) electrons. The third-order valence-electron chi connectivity index (χ3n) is 4.42. The van der Waals surface area contributed by atoms with Gasteiger partial charge in [0.25, 0.3) is 0 Å². The Kier molecular flexibility index (Phi) is 6.82. The molecule has 4 rings (SSSR count). The number of ether oxygens (including phenoxy) is 4. The van der Waals surface area contributed by atoms with Gasteiger partial charge in [-0.3, -0.25) is 0 Å². The molecule has 0 aliphatic carbocycles. The van der Waals surface area contributed by atoms with Crippen LogP contribution in [0, 0.1) is 0 Å². The summed E-state index contributed by atoms with van der Waals surface area (Å²) in [6.45, 7) is 0. The lowest BCUT2D eigenvalue weighted by Crippen LogP contribution is -2.41. The predicted molar refractivity (Wildman–Crippen MR) is 118 cm³/mol. The third kappa shape index (κ3) is 5.40. The van der Waals surface area contributed by atoms with Crippen molar-refractivity contribution in [2.75, 3.05) is 0 Å². The molecule has 6 nitrogen and oxygen atoms in total. The number of hydrogen-bond donors (Lipinski definition) is 0. The molecule has 0 aromatic heterocycles. The van der Waals surface area contributed by atoms with E-state index >= 15 is 0 Å². The first-order chi connectivity index (χ1) is 15.0. The van der Waals surface area contributed by atoms with Gasteiger partial charge in [-0.15, -0.1) is 0 Å². The monoisotopic (exact) mass is 546 g/mol. The van der Waals surface area contributed by atoms with Gasteiger partial charge in [0, 0.05) is 14.5 Å². The van der Waals surface area contributed by atoms with E-state index in [-0.39, 0.29) is 0 Å². The van der Waals surface area contributed by atoms with Gasteiger partial charge in [0.15, 0.2) is 18.5 Å². The topological polar surface area (TPSA) is 71.1 Å². The molecule has 1 fully saturated rings. The molecule has 0 amide bonds. The van der Waals surface area contributed by atoms with Gasteiger partial charge < -0.3 is 18.9 Å². The molecule has 0 N–H and O–H groups in total. The van der Waals surface area contributed by atoms with E-state index in [0.717, 1.165) is 8.95 Å². The van der Waals surface area contributed by atoms with Gasteiger partial charge in [0.2, 0.25) is 0 Å². The van der Waals surface area contributed by atoms with Crippen LogP contribution in [0.4, 0.5) is 0 Å². The fraction of sp³-hybridized carbons (Fsp3) is 0.130. The molecular weight excluding hydrogens is 532 g/mol. The fourth-order valence-corrected chi connectivity index (χ4v) is 3.45. The SMILES string of the molecule is O=C(Oc1ccc(Br)cc1)[C@@H]1OC(c2ccccc2)O[C@H]1C(=O)Oc1ccc(Br)cc1. The molecule has 0 bridgehead atoms. The van der Waals surface area contributed by atoms with Crippen LogP contribution in [-0.2, 0) is 19.1 Å². The Hall–Kier alpha value is -2.52. The average molecular weight is 548 g/mol. The van der Waals surface area contributed by atoms with E-state index in [4.69, 9.17) is 18.9 Å². The first kappa shape index (κ1) is 21.7. The van der Waals surface area contributed by atoms with E-state index in [9.17, 15) is 9.59 Å². The Bertz CT molecular complexity index is 986. The Morgan fingerprint density at radius 2 is 1.06 bits per heavy atom. The van der Waals surface area contributed by atoms with Crippen molar-refractivity contribution >= 4 is 43.8 Å². The summed E-state index contributed by atoms with van der Waals surface area (Å²) in [4.78, 5) is 25.7. The zero-order chi connectivity index (χ0) is 21.8. The van der Waals surface area contributed by atoms with Crippen LogP contribution in [0.3, 0.4) is 0 Å². The molecule has 1 aliphatic heterocycles. The highest BCUT2D eigenvalue weighted by atomic mass is 79.9. The number of rotatable bonds is 5.